The van der Waals surface area contributed by atoms with Crippen LogP contribution in [0.2, 0.25) is 0 Å². The Labute approximate surface area is 160 Å². The molecule has 0 spiro atoms. The van der Waals surface area contributed by atoms with E-state index in [4.69, 9.17) is 4.74 Å². The number of carbonyl (C=O) groups is 1. The zero-order valence-electron chi connectivity index (χ0n) is 14.1. The van der Waals surface area contributed by atoms with Gasteiger partial charge in [0.1, 0.15) is 11.9 Å². The number of fused-ring (bicyclic) bond motifs is 1. The molecule has 1 heterocycles. The van der Waals surface area contributed by atoms with Crippen molar-refractivity contribution in [1.29, 1.82) is 0 Å². The average molecular weight is 409 g/mol. The third-order valence-electron chi connectivity index (χ3n) is 4.46. The van der Waals surface area contributed by atoms with Crippen molar-refractivity contribution in [3.05, 3.63) is 88.4 Å². The maximum Gasteiger partial charge on any atom is 0.262 e. The second kappa shape index (κ2) is 6.84. The molecule has 1 atom stereocenters. The number of nitrogens with zero attached hydrogens (tertiary/aromatic N) is 1. The summed E-state index contributed by atoms with van der Waals surface area (Å²) in [7, 11) is 1.64. The van der Waals surface area contributed by atoms with E-state index in [1.165, 1.54) is 0 Å². The number of benzene rings is 3. The second-order valence-corrected chi connectivity index (χ2v) is 6.93. The van der Waals surface area contributed by atoms with Crippen LogP contribution in [0.4, 0.5) is 11.4 Å². The fraction of sp³-hybridized carbons (Fsp3) is 0.0952. The van der Waals surface area contributed by atoms with Crippen molar-refractivity contribution in [2.24, 2.45) is 0 Å². The number of para-hydroxylation sites is 1. The highest BCUT2D eigenvalue weighted by Crippen LogP contribution is 2.37. The molecule has 0 fully saturated rings. The number of anilines is 2. The van der Waals surface area contributed by atoms with Gasteiger partial charge in [-0.05, 0) is 54.1 Å². The number of hydrogen-bond donors (Lipinski definition) is 1. The van der Waals surface area contributed by atoms with Gasteiger partial charge >= 0.3 is 0 Å². The van der Waals surface area contributed by atoms with E-state index in [2.05, 4.69) is 21.2 Å². The molecule has 0 saturated carbocycles. The lowest BCUT2D eigenvalue weighted by atomic mass is 10.0. The molecule has 0 unspecified atom stereocenters. The first-order chi connectivity index (χ1) is 12.7. The Morgan fingerprint density at radius 1 is 0.962 bits per heavy atom. The van der Waals surface area contributed by atoms with Gasteiger partial charge in [0.15, 0.2) is 0 Å². The zero-order chi connectivity index (χ0) is 18.1. The van der Waals surface area contributed by atoms with Crippen molar-refractivity contribution in [2.45, 2.75) is 6.17 Å². The first-order valence-electron chi connectivity index (χ1n) is 8.26. The summed E-state index contributed by atoms with van der Waals surface area (Å²) in [6, 6.07) is 23.1. The van der Waals surface area contributed by atoms with Crippen molar-refractivity contribution in [2.75, 3.05) is 17.3 Å². The summed E-state index contributed by atoms with van der Waals surface area (Å²) in [4.78, 5) is 15.0. The van der Waals surface area contributed by atoms with Crippen molar-refractivity contribution in [3.63, 3.8) is 0 Å². The first kappa shape index (κ1) is 16.7. The van der Waals surface area contributed by atoms with Gasteiger partial charge in [-0.3, -0.25) is 9.69 Å². The normalized spacial score (nSPS) is 16.0. The maximum atomic E-state index is 13.3. The molecule has 4 nitrogen and oxygen atoms in total. The minimum Gasteiger partial charge on any atom is -0.497 e. The lowest BCUT2D eigenvalue weighted by Gasteiger charge is -2.38. The van der Waals surface area contributed by atoms with Gasteiger partial charge in [-0.15, -0.1) is 0 Å². The predicted octanol–water partition coefficient (Wildman–Crippen LogP) is 5.23. The Kier molecular flexibility index (Phi) is 4.39. The van der Waals surface area contributed by atoms with Crippen LogP contribution < -0.4 is 15.0 Å². The van der Waals surface area contributed by atoms with Gasteiger partial charge in [0, 0.05) is 15.8 Å². The summed E-state index contributed by atoms with van der Waals surface area (Å²) >= 11 is 3.45. The van der Waals surface area contributed by atoms with Gasteiger partial charge < -0.3 is 10.1 Å². The lowest BCUT2D eigenvalue weighted by Crippen LogP contribution is -2.43. The van der Waals surface area contributed by atoms with E-state index in [1.54, 1.807) is 12.0 Å². The lowest BCUT2D eigenvalue weighted by molar-refractivity contribution is 0.0975. The highest BCUT2D eigenvalue weighted by molar-refractivity contribution is 9.10. The van der Waals surface area contributed by atoms with Crippen molar-refractivity contribution >= 4 is 33.2 Å². The van der Waals surface area contributed by atoms with E-state index in [-0.39, 0.29) is 12.1 Å². The van der Waals surface area contributed by atoms with Crippen molar-refractivity contribution < 1.29 is 9.53 Å². The Morgan fingerprint density at radius 3 is 2.35 bits per heavy atom. The molecule has 0 saturated heterocycles. The van der Waals surface area contributed by atoms with Crippen LogP contribution in [0.25, 0.3) is 0 Å². The van der Waals surface area contributed by atoms with Crippen LogP contribution in [-0.2, 0) is 0 Å². The molecule has 4 rings (SSSR count). The van der Waals surface area contributed by atoms with Crippen LogP contribution in [0.1, 0.15) is 22.1 Å². The zero-order valence-corrected chi connectivity index (χ0v) is 15.7. The third-order valence-corrected chi connectivity index (χ3v) is 4.99. The predicted molar refractivity (Wildman–Crippen MR) is 107 cm³/mol. The smallest absolute Gasteiger partial charge is 0.262 e. The second-order valence-electron chi connectivity index (χ2n) is 6.02. The van der Waals surface area contributed by atoms with E-state index in [1.807, 2.05) is 72.8 Å². The fourth-order valence-electron chi connectivity index (χ4n) is 3.14. The summed E-state index contributed by atoms with van der Waals surface area (Å²) in [5.41, 5.74) is 3.32. The van der Waals surface area contributed by atoms with Crippen LogP contribution in [0.3, 0.4) is 0 Å². The summed E-state index contributed by atoms with van der Waals surface area (Å²) in [5.74, 6) is 0.758. The van der Waals surface area contributed by atoms with Gasteiger partial charge in [-0.1, -0.05) is 40.2 Å². The fourth-order valence-corrected chi connectivity index (χ4v) is 3.41. The molecule has 1 aliphatic heterocycles. The highest BCUT2D eigenvalue weighted by atomic mass is 79.9. The molecule has 0 radical (unpaired) electrons. The molecule has 130 valence electrons. The number of hydrogen-bond acceptors (Lipinski definition) is 3. The minimum absolute atomic E-state index is 0.0255. The van der Waals surface area contributed by atoms with Crippen LogP contribution >= 0.6 is 15.9 Å². The SMILES string of the molecule is COc1ccc([C@@H]2Nc3ccccc3C(=O)N2c2ccc(Br)cc2)cc1. The Balaban J connectivity index is 1.82. The summed E-state index contributed by atoms with van der Waals surface area (Å²) in [6.45, 7) is 0. The molecule has 0 aromatic heterocycles. The summed E-state index contributed by atoms with van der Waals surface area (Å²) in [6.07, 6.45) is -0.301. The minimum atomic E-state index is -0.301. The monoisotopic (exact) mass is 408 g/mol. The molecular formula is C21H17BrN2O2. The van der Waals surface area contributed by atoms with Crippen LogP contribution in [-0.4, -0.2) is 13.0 Å². The first-order valence-corrected chi connectivity index (χ1v) is 9.05. The summed E-state index contributed by atoms with van der Waals surface area (Å²) < 4.78 is 6.22. The van der Waals surface area contributed by atoms with Crippen molar-refractivity contribution in [1.82, 2.24) is 0 Å². The van der Waals surface area contributed by atoms with E-state index in [0.29, 0.717) is 5.56 Å². The molecule has 1 aliphatic rings. The summed E-state index contributed by atoms with van der Waals surface area (Å²) in [5, 5.41) is 3.50. The molecule has 26 heavy (non-hydrogen) atoms. The number of ether oxygens (including phenoxy) is 1. The van der Waals surface area contributed by atoms with E-state index in [0.717, 1.165) is 27.2 Å². The van der Waals surface area contributed by atoms with Gasteiger partial charge in [0.2, 0.25) is 0 Å². The van der Waals surface area contributed by atoms with Gasteiger partial charge in [-0.2, -0.15) is 0 Å². The molecule has 5 heteroatoms. The molecule has 0 bridgehead atoms. The Morgan fingerprint density at radius 2 is 1.65 bits per heavy atom. The maximum absolute atomic E-state index is 13.3. The highest BCUT2D eigenvalue weighted by Gasteiger charge is 2.33. The van der Waals surface area contributed by atoms with Gasteiger partial charge in [0.05, 0.1) is 12.7 Å². The largest absolute Gasteiger partial charge is 0.497 e. The molecule has 1 amide bonds. The Hall–Kier alpha value is -2.79. The van der Waals surface area contributed by atoms with E-state index in [9.17, 15) is 4.79 Å². The van der Waals surface area contributed by atoms with E-state index < -0.39 is 0 Å². The quantitative estimate of drug-likeness (QED) is 0.644. The topological polar surface area (TPSA) is 41.6 Å². The number of amides is 1. The van der Waals surface area contributed by atoms with Crippen LogP contribution in [0.15, 0.2) is 77.3 Å². The third kappa shape index (κ3) is 2.95. The molecule has 1 N–H and O–H groups in total. The number of carbonyl (C=O) groups excluding carboxylic acids is 1. The number of rotatable bonds is 3. The number of halogens is 1. The molecule has 3 aromatic carbocycles. The standard InChI is InChI=1S/C21H17BrN2O2/c1-26-17-12-6-14(7-13-17)20-23-19-5-3-2-4-18(19)21(25)24(20)16-10-8-15(22)9-11-16/h2-13,20,23H,1H3/t20-/m1/s1. The molecule has 3 aromatic rings. The number of methoxy groups -OCH3 is 1. The van der Waals surface area contributed by atoms with Crippen molar-refractivity contribution in [3.8, 4) is 5.75 Å². The van der Waals surface area contributed by atoms with Gasteiger partial charge in [0.25, 0.3) is 5.91 Å². The van der Waals surface area contributed by atoms with Gasteiger partial charge in [-0.25, -0.2) is 0 Å². The Bertz CT molecular complexity index is 939. The van der Waals surface area contributed by atoms with Crippen LogP contribution in [0.5, 0.6) is 5.75 Å². The number of nitrogens with one attached hydrogen (secondary N) is 1. The average Bonchev–Trinajstić information content (AvgIpc) is 2.69. The molecule has 0 aliphatic carbocycles. The van der Waals surface area contributed by atoms with E-state index >= 15 is 0 Å². The molecular weight excluding hydrogens is 392 g/mol. The van der Waals surface area contributed by atoms with Crippen LogP contribution in [0, 0.1) is 0 Å².